The Balaban J connectivity index is 1.62. The van der Waals surface area contributed by atoms with Crippen molar-refractivity contribution in [2.75, 3.05) is 59.3 Å². The van der Waals surface area contributed by atoms with E-state index >= 15 is 0 Å². The van der Waals surface area contributed by atoms with E-state index in [9.17, 15) is 24.9 Å². The number of carbonyl (C=O) groups is 2. The number of hydrogen-bond acceptors (Lipinski definition) is 12. The van der Waals surface area contributed by atoms with E-state index in [1.165, 1.54) is 38.5 Å². The summed E-state index contributed by atoms with van der Waals surface area (Å²) in [5.41, 5.74) is 3.30. The number of amides is 2. The van der Waals surface area contributed by atoms with Gasteiger partial charge in [-0.05, 0) is 80.2 Å². The number of benzene rings is 2. The molecule has 1 saturated carbocycles. The number of fused-ring (bicyclic) bond motifs is 2. The average molecular weight is 948 g/mol. The van der Waals surface area contributed by atoms with Gasteiger partial charge in [0.25, 0.3) is 0 Å². The number of ether oxygens (including phenoxy) is 5. The smallest absolute Gasteiger partial charge is 0.412 e. The van der Waals surface area contributed by atoms with Crippen molar-refractivity contribution in [3.05, 3.63) is 84.0 Å². The molecule has 0 spiro atoms. The van der Waals surface area contributed by atoms with Gasteiger partial charge in [-0.3, -0.25) is 4.90 Å². The third kappa shape index (κ3) is 15.5. The van der Waals surface area contributed by atoms with Crippen molar-refractivity contribution in [1.29, 1.82) is 0 Å². The lowest BCUT2D eigenvalue weighted by Gasteiger charge is -2.59. The van der Waals surface area contributed by atoms with Crippen LogP contribution in [0.2, 0.25) is 0 Å². The predicted molar refractivity (Wildman–Crippen MR) is 264 cm³/mol. The van der Waals surface area contributed by atoms with Crippen molar-refractivity contribution >= 4 is 17.9 Å². The monoisotopic (exact) mass is 948 g/mol. The first-order chi connectivity index (χ1) is 33.3. The van der Waals surface area contributed by atoms with Gasteiger partial charge in [-0.25, -0.2) is 9.59 Å². The molecule has 2 aliphatic carbocycles. The second-order valence-electron chi connectivity index (χ2n) is 18.3. The van der Waals surface area contributed by atoms with Crippen LogP contribution in [0.15, 0.2) is 78.0 Å². The number of nitrogens with zero attached hydrogens (tertiary/aromatic N) is 2. The molecule has 0 bridgehead atoms. The molecule has 5 rings (SSSR count). The summed E-state index contributed by atoms with van der Waals surface area (Å²) in [5.74, 6) is -1.55. The molecule has 1 aliphatic heterocycles. The van der Waals surface area contributed by atoms with Crippen LogP contribution in [-0.2, 0) is 25.7 Å². The molecule has 4 N–H and O–H groups in total. The Bertz CT molecular complexity index is 1860. The fourth-order valence-electron chi connectivity index (χ4n) is 10.3. The molecule has 2 aromatic rings. The molecular weight excluding hydrogens is 867 g/mol. The summed E-state index contributed by atoms with van der Waals surface area (Å²) in [5, 5.41) is 37.2. The first-order valence-corrected chi connectivity index (χ1v) is 25.7. The van der Waals surface area contributed by atoms with Gasteiger partial charge in [0.1, 0.15) is 24.1 Å². The van der Waals surface area contributed by atoms with Crippen LogP contribution < -0.4 is 14.8 Å². The first kappa shape index (κ1) is 54.5. The van der Waals surface area contributed by atoms with Gasteiger partial charge in [-0.2, -0.15) is 0 Å². The number of aliphatic hydroxyl groups excluding tert-OH is 3. The summed E-state index contributed by atoms with van der Waals surface area (Å²) in [4.78, 5) is 35.5. The minimum Gasteiger partial charge on any atom is -0.459 e. The summed E-state index contributed by atoms with van der Waals surface area (Å²) in [7, 11) is 0. The molecular formula is C54H81N3O11. The Labute approximate surface area is 405 Å². The SMILES string of the molecule is C=CCOC12Oc3ccc(OC(=O)NCC)cc3C3C(CCCCO)C(CCCCO)C=C(C(=NOCc4ccccc4)CC1N(CCOCCO)C(=O)OCCCCCCCCCCCC)C32. The molecule has 0 aromatic heterocycles. The Hall–Kier alpha value is -4.47. The zero-order valence-electron chi connectivity index (χ0n) is 41.0. The number of carbonyl (C=O) groups excluding carboxylic acids is 2. The highest BCUT2D eigenvalue weighted by molar-refractivity contribution is 6.03. The number of hydrogen-bond donors (Lipinski definition) is 4. The van der Waals surface area contributed by atoms with Crippen molar-refractivity contribution in [2.24, 2.45) is 22.9 Å². The van der Waals surface area contributed by atoms with Crippen molar-refractivity contribution < 1.29 is 53.4 Å². The van der Waals surface area contributed by atoms with E-state index in [0.717, 1.165) is 68.1 Å². The molecule has 68 heavy (non-hydrogen) atoms. The van der Waals surface area contributed by atoms with E-state index in [0.29, 0.717) is 36.6 Å². The van der Waals surface area contributed by atoms with E-state index in [2.05, 4.69) is 24.9 Å². The molecule has 2 aromatic carbocycles. The lowest BCUT2D eigenvalue weighted by molar-refractivity contribution is -0.256. The normalized spacial score (nSPS) is 22.0. The molecule has 3 aliphatic rings. The van der Waals surface area contributed by atoms with E-state index < -0.39 is 29.9 Å². The zero-order chi connectivity index (χ0) is 48.4. The summed E-state index contributed by atoms with van der Waals surface area (Å²) in [6, 6.07) is 14.4. The van der Waals surface area contributed by atoms with Gasteiger partial charge in [0.05, 0.1) is 44.7 Å². The number of rotatable bonds is 33. The summed E-state index contributed by atoms with van der Waals surface area (Å²) in [6.07, 6.45) is 18.9. The molecule has 1 heterocycles. The molecule has 6 atom stereocenters. The molecule has 0 saturated heterocycles. The molecule has 0 radical (unpaired) electrons. The van der Waals surface area contributed by atoms with Crippen LogP contribution >= 0.6 is 0 Å². The number of allylic oxidation sites excluding steroid dienone is 1. The van der Waals surface area contributed by atoms with Crippen molar-refractivity contribution in [3.8, 4) is 11.5 Å². The first-order valence-electron chi connectivity index (χ1n) is 25.7. The maximum absolute atomic E-state index is 14.8. The number of unbranched alkanes of at least 4 members (excludes halogenated alkanes) is 11. The van der Waals surface area contributed by atoms with Crippen LogP contribution in [0, 0.1) is 17.8 Å². The number of oxime groups is 1. The standard InChI is InChI=1S/C54H81N3O11/c1-4-7-8-9-10-11-12-13-14-22-34-64-53(62)57(29-35-63-36-32-60)49-39-47(56-66-40-41-23-16-15-17-24-41)45-37-42(25-18-20-30-58)44(26-19-21-31-59)50-46-38-43(67-52(61)55-6-3)27-28-48(46)68-54(49,51(45)50)65-33-5-2/h5,15-17,23-24,27-28,37-38,42,44,49-51,58-60H,2,4,6-14,18-22,25-26,29-36,39-40H2,1,3H3,(H,55,61). The lowest BCUT2D eigenvalue weighted by atomic mass is 9.55. The van der Waals surface area contributed by atoms with E-state index in [-0.39, 0.29) is 83.6 Å². The Morgan fingerprint density at radius 2 is 1.59 bits per heavy atom. The largest absolute Gasteiger partial charge is 0.459 e. The van der Waals surface area contributed by atoms with Crippen LogP contribution in [-0.4, -0.2) is 109 Å². The van der Waals surface area contributed by atoms with Gasteiger partial charge in [0.2, 0.25) is 5.79 Å². The zero-order valence-corrected chi connectivity index (χ0v) is 41.0. The van der Waals surface area contributed by atoms with Gasteiger partial charge in [-0.1, -0.05) is 125 Å². The number of nitrogens with one attached hydrogen (secondary N) is 1. The molecule has 14 heteroatoms. The average Bonchev–Trinajstić information content (AvgIpc) is 3.34. The Morgan fingerprint density at radius 1 is 0.868 bits per heavy atom. The number of aliphatic hydroxyl groups is 3. The highest BCUT2D eigenvalue weighted by Gasteiger charge is 2.65. The quantitative estimate of drug-likeness (QED) is 0.0304. The molecule has 2 amide bonds. The summed E-state index contributed by atoms with van der Waals surface area (Å²) in [6.45, 7) is 9.33. The second kappa shape index (κ2) is 30.2. The molecule has 14 nitrogen and oxygen atoms in total. The fraction of sp³-hybridized carbons (Fsp3) is 0.648. The third-order valence-corrected chi connectivity index (χ3v) is 13.5. The van der Waals surface area contributed by atoms with Gasteiger partial charge >= 0.3 is 12.2 Å². The minimum atomic E-state index is -1.52. The van der Waals surface area contributed by atoms with E-state index in [1.54, 1.807) is 17.0 Å². The Morgan fingerprint density at radius 3 is 2.28 bits per heavy atom. The van der Waals surface area contributed by atoms with Crippen LogP contribution in [0.1, 0.15) is 140 Å². The van der Waals surface area contributed by atoms with E-state index in [4.69, 9.17) is 33.7 Å². The summed E-state index contributed by atoms with van der Waals surface area (Å²) >= 11 is 0. The maximum Gasteiger partial charge on any atom is 0.412 e. The van der Waals surface area contributed by atoms with Crippen LogP contribution in [0.3, 0.4) is 0 Å². The van der Waals surface area contributed by atoms with Crippen molar-refractivity contribution in [1.82, 2.24) is 10.2 Å². The highest BCUT2D eigenvalue weighted by Crippen LogP contribution is 2.62. The highest BCUT2D eigenvalue weighted by atomic mass is 16.7. The van der Waals surface area contributed by atoms with Crippen LogP contribution in [0.4, 0.5) is 9.59 Å². The third-order valence-electron chi connectivity index (χ3n) is 13.5. The van der Waals surface area contributed by atoms with Gasteiger partial charge in [0, 0.05) is 44.2 Å². The van der Waals surface area contributed by atoms with Gasteiger partial charge in [-0.15, -0.1) is 6.58 Å². The van der Waals surface area contributed by atoms with Gasteiger partial charge in [0.15, 0.2) is 0 Å². The van der Waals surface area contributed by atoms with Crippen LogP contribution in [0.5, 0.6) is 11.5 Å². The lowest BCUT2D eigenvalue weighted by Crippen LogP contribution is -2.70. The predicted octanol–water partition coefficient (Wildman–Crippen LogP) is 10.00. The van der Waals surface area contributed by atoms with Crippen molar-refractivity contribution in [3.63, 3.8) is 0 Å². The minimum absolute atomic E-state index is 0.0115. The summed E-state index contributed by atoms with van der Waals surface area (Å²) < 4.78 is 32.2. The van der Waals surface area contributed by atoms with Gasteiger partial charge < -0.3 is 49.2 Å². The molecule has 6 unspecified atom stereocenters. The fourth-order valence-corrected chi connectivity index (χ4v) is 10.3. The molecule has 378 valence electrons. The Kier molecular flexibility index (Phi) is 24.2. The second-order valence-corrected chi connectivity index (χ2v) is 18.3. The molecule has 1 fully saturated rings. The maximum atomic E-state index is 14.8. The topological polar surface area (TPSA) is 178 Å². The van der Waals surface area contributed by atoms with Crippen molar-refractivity contribution in [2.45, 2.75) is 147 Å². The van der Waals surface area contributed by atoms with Crippen LogP contribution in [0.25, 0.3) is 0 Å². The van der Waals surface area contributed by atoms with E-state index in [1.807, 2.05) is 49.4 Å².